The van der Waals surface area contributed by atoms with Crippen molar-refractivity contribution in [1.82, 2.24) is 15.5 Å². The summed E-state index contributed by atoms with van der Waals surface area (Å²) in [6.45, 7) is 9.37. The highest BCUT2D eigenvalue weighted by Gasteiger charge is 2.45. The van der Waals surface area contributed by atoms with E-state index in [1.165, 1.54) is 26.0 Å². The quantitative estimate of drug-likeness (QED) is 0.161. The highest BCUT2D eigenvalue weighted by atomic mass is 16.6. The van der Waals surface area contributed by atoms with Gasteiger partial charge in [-0.1, -0.05) is 13.8 Å². The largest absolute Gasteiger partial charge is 0.478 e. The summed E-state index contributed by atoms with van der Waals surface area (Å²) in [5, 5.41) is 35.5. The van der Waals surface area contributed by atoms with E-state index < -0.39 is 35.2 Å². The van der Waals surface area contributed by atoms with Crippen molar-refractivity contribution in [3.63, 3.8) is 0 Å². The number of carbonyl (C=O) groups excluding carboxylic acids is 2. The van der Waals surface area contributed by atoms with E-state index >= 15 is 0 Å². The maximum Gasteiger partial charge on any atom is 0.422 e. The van der Waals surface area contributed by atoms with Crippen LogP contribution < -0.4 is 15.4 Å². The first kappa shape index (κ1) is 27.0. The summed E-state index contributed by atoms with van der Waals surface area (Å²) in [5.41, 5.74) is -2.94. The van der Waals surface area contributed by atoms with Crippen LogP contribution in [-0.4, -0.2) is 82.4 Å². The van der Waals surface area contributed by atoms with Crippen molar-refractivity contribution < 1.29 is 44.0 Å². The van der Waals surface area contributed by atoms with Gasteiger partial charge in [-0.2, -0.15) is 0 Å². The number of nitrogens with zero attached hydrogens (tertiary/aromatic N) is 1. The average Bonchev–Trinajstić information content (AvgIpc) is 2.73. The smallest absolute Gasteiger partial charge is 0.422 e. The Morgan fingerprint density at radius 2 is 1.71 bits per heavy atom. The zero-order chi connectivity index (χ0) is 25.8. The summed E-state index contributed by atoms with van der Waals surface area (Å²) in [4.78, 5) is 48.5. The van der Waals surface area contributed by atoms with Crippen LogP contribution in [-0.2, 0) is 19.7 Å². The van der Waals surface area contributed by atoms with E-state index in [2.05, 4.69) is 10.6 Å². The Bertz CT molecular complexity index is 969. The predicted octanol–water partition coefficient (Wildman–Crippen LogP) is 0.647. The van der Waals surface area contributed by atoms with Crippen molar-refractivity contribution in [2.45, 2.75) is 51.9 Å². The molecule has 1 fully saturated rings. The monoisotopic (exact) mass is 481 g/mol. The van der Waals surface area contributed by atoms with Gasteiger partial charge in [0.25, 0.3) is 0 Å². The normalized spacial score (nSPS) is 16.8. The van der Waals surface area contributed by atoms with Crippen molar-refractivity contribution in [2.75, 3.05) is 26.3 Å². The lowest BCUT2D eigenvalue weighted by atomic mass is 9.72. The molecule has 1 aliphatic rings. The van der Waals surface area contributed by atoms with Crippen LogP contribution in [0.25, 0.3) is 0 Å². The van der Waals surface area contributed by atoms with Gasteiger partial charge in [-0.25, -0.2) is 19.2 Å². The fourth-order valence-corrected chi connectivity index (χ4v) is 3.85. The molecule has 1 aromatic carbocycles. The highest BCUT2D eigenvalue weighted by molar-refractivity contribution is 6.29. The zero-order valence-corrected chi connectivity index (χ0v) is 19.8. The van der Waals surface area contributed by atoms with E-state index in [1.807, 2.05) is 0 Å². The molecule has 2 amide bonds. The Morgan fingerprint density at radius 1 is 1.12 bits per heavy atom. The number of ether oxygens (including phenoxy) is 2. The second kappa shape index (κ2) is 10.4. The molecule has 1 saturated heterocycles. The summed E-state index contributed by atoms with van der Waals surface area (Å²) in [6, 6.07) is 2.01. The Labute approximate surface area is 196 Å². The zero-order valence-electron chi connectivity index (χ0n) is 19.8. The number of rotatable bonds is 7. The van der Waals surface area contributed by atoms with Crippen molar-refractivity contribution in [1.29, 1.82) is 0 Å². The third-order valence-electron chi connectivity index (χ3n) is 6.01. The molecule has 5 N–H and O–H groups in total. The summed E-state index contributed by atoms with van der Waals surface area (Å²) in [6.07, 6.45) is -0.724. The molecule has 12 heteroatoms. The minimum absolute atomic E-state index is 0.109. The molecule has 12 nitrogen and oxygen atoms in total. The van der Waals surface area contributed by atoms with E-state index in [9.17, 15) is 29.4 Å². The van der Waals surface area contributed by atoms with E-state index in [1.54, 1.807) is 25.7 Å². The number of morpholine rings is 1. The van der Waals surface area contributed by atoms with Crippen molar-refractivity contribution >= 4 is 23.9 Å². The molecule has 0 aliphatic carbocycles. The molecule has 34 heavy (non-hydrogen) atoms. The van der Waals surface area contributed by atoms with Gasteiger partial charge in [0.2, 0.25) is 0 Å². The van der Waals surface area contributed by atoms with Crippen molar-refractivity contribution in [2.24, 2.45) is 0 Å². The Morgan fingerprint density at radius 3 is 2.24 bits per heavy atom. The minimum Gasteiger partial charge on any atom is -0.478 e. The number of hydrogen-bond acceptors (Lipinski definition) is 8. The molecule has 0 saturated carbocycles. The van der Waals surface area contributed by atoms with Gasteiger partial charge in [0, 0.05) is 24.1 Å². The first-order chi connectivity index (χ1) is 15.7. The number of urea groups is 1. The van der Waals surface area contributed by atoms with Crippen LogP contribution in [0.2, 0.25) is 0 Å². The maximum atomic E-state index is 12.5. The molecule has 1 aliphatic heterocycles. The van der Waals surface area contributed by atoms with Gasteiger partial charge in [0.15, 0.2) is 0 Å². The van der Waals surface area contributed by atoms with Crippen LogP contribution >= 0.6 is 0 Å². The van der Waals surface area contributed by atoms with Crippen LogP contribution in [0, 0.1) is 6.92 Å². The molecule has 0 aromatic heterocycles. The number of hydrogen-bond donors (Lipinski definition) is 5. The van der Waals surface area contributed by atoms with Crippen LogP contribution in [0.15, 0.2) is 12.1 Å². The molecule has 2 atom stereocenters. The second-order valence-electron chi connectivity index (χ2n) is 8.72. The summed E-state index contributed by atoms with van der Waals surface area (Å²) in [5.74, 6) is -4.83. The van der Waals surface area contributed by atoms with Crippen LogP contribution in [0.5, 0.6) is 5.75 Å². The number of aliphatic hydroxyl groups is 1. The number of aliphatic carboxylic acids is 1. The average molecular weight is 482 g/mol. The molecular formula is C22H31N3O9. The molecule has 0 radical (unpaired) electrons. The summed E-state index contributed by atoms with van der Waals surface area (Å²) >= 11 is 0. The van der Waals surface area contributed by atoms with Crippen molar-refractivity contribution in [3.8, 4) is 5.75 Å². The van der Waals surface area contributed by atoms with Crippen LogP contribution in [0.1, 0.15) is 49.2 Å². The molecule has 1 heterocycles. The lowest BCUT2D eigenvalue weighted by molar-refractivity contribution is -0.158. The van der Waals surface area contributed by atoms with Gasteiger partial charge < -0.3 is 35.0 Å². The first-order valence-corrected chi connectivity index (χ1v) is 10.6. The number of aromatic carboxylic acids is 1. The molecule has 0 spiro atoms. The molecule has 188 valence electrons. The molecule has 2 unspecified atom stereocenters. The number of nitrogens with one attached hydrogen (secondary N) is 2. The van der Waals surface area contributed by atoms with E-state index in [4.69, 9.17) is 14.6 Å². The lowest BCUT2D eigenvalue weighted by Crippen LogP contribution is -2.63. The summed E-state index contributed by atoms with van der Waals surface area (Å²) in [7, 11) is 0. The third kappa shape index (κ3) is 5.82. The van der Waals surface area contributed by atoms with E-state index in [-0.39, 0.29) is 28.5 Å². The van der Waals surface area contributed by atoms with Crippen LogP contribution in [0.4, 0.5) is 4.79 Å². The van der Waals surface area contributed by atoms with E-state index in [0.29, 0.717) is 26.3 Å². The number of carbonyl (C=O) groups is 4. The lowest BCUT2D eigenvalue weighted by Gasteiger charge is -2.44. The van der Waals surface area contributed by atoms with Gasteiger partial charge in [-0.3, -0.25) is 5.32 Å². The Hall–Kier alpha value is -3.22. The SMILES string of the molecule is Cc1c(C(=O)O)ccc(OC(=O)C(=O)O)c1C(C)(C)C(C)(O)NC(C)NC(=O)N1CCOCC1. The van der Waals surface area contributed by atoms with Crippen LogP contribution in [0.3, 0.4) is 0 Å². The number of amides is 2. The van der Waals surface area contributed by atoms with Gasteiger partial charge in [-0.15, -0.1) is 0 Å². The highest BCUT2D eigenvalue weighted by Crippen LogP contribution is 2.42. The number of esters is 1. The Balaban J connectivity index is 2.37. The molecule has 2 rings (SSSR count). The third-order valence-corrected chi connectivity index (χ3v) is 6.01. The topological polar surface area (TPSA) is 175 Å². The van der Waals surface area contributed by atoms with Gasteiger partial charge in [0.1, 0.15) is 11.5 Å². The van der Waals surface area contributed by atoms with Crippen molar-refractivity contribution in [3.05, 3.63) is 28.8 Å². The second-order valence-corrected chi connectivity index (χ2v) is 8.72. The predicted molar refractivity (Wildman–Crippen MR) is 119 cm³/mol. The maximum absolute atomic E-state index is 12.5. The molecule has 0 bridgehead atoms. The first-order valence-electron chi connectivity index (χ1n) is 10.6. The number of carboxylic acids is 2. The number of benzene rings is 1. The Kier molecular flexibility index (Phi) is 8.24. The van der Waals surface area contributed by atoms with E-state index in [0.717, 1.165) is 0 Å². The minimum atomic E-state index is -1.83. The fourth-order valence-electron chi connectivity index (χ4n) is 3.85. The number of carboxylic acid groups (broad SMARTS) is 2. The standard InChI is InChI=1S/C22H31N3O9/c1-12-14(17(26)27)6-7-15(34-19(30)18(28)29)16(12)21(3,4)22(5,32)24-13(2)23-20(31)25-8-10-33-11-9-25/h6-7,13,24,32H,8-11H2,1-5H3,(H,23,31)(H,26,27)(H,28,29). The summed E-state index contributed by atoms with van der Waals surface area (Å²) < 4.78 is 10.2. The van der Waals surface area contributed by atoms with Gasteiger partial charge in [0.05, 0.1) is 24.9 Å². The fraction of sp³-hybridized carbons (Fsp3) is 0.545. The van der Waals surface area contributed by atoms with Gasteiger partial charge in [-0.05, 0) is 38.5 Å². The molecule has 1 aromatic rings. The van der Waals surface area contributed by atoms with Gasteiger partial charge >= 0.3 is 23.9 Å². The molecular weight excluding hydrogens is 450 g/mol.